The van der Waals surface area contributed by atoms with Crippen molar-refractivity contribution in [1.29, 1.82) is 10.5 Å². The number of nitriles is 2. The van der Waals surface area contributed by atoms with Crippen LogP contribution in [0, 0.1) is 28.1 Å². The Hall–Kier alpha value is -3.74. The number of carbonyl (C=O) groups is 2. The van der Waals surface area contributed by atoms with E-state index < -0.39 is 29.4 Å². The molecule has 1 N–H and O–H groups in total. The smallest absolute Gasteiger partial charge is 0.337 e. The third-order valence-electron chi connectivity index (χ3n) is 6.23. The van der Waals surface area contributed by atoms with Crippen molar-refractivity contribution in [2.45, 2.75) is 24.9 Å². The van der Waals surface area contributed by atoms with Gasteiger partial charge in [0.15, 0.2) is 17.9 Å². The van der Waals surface area contributed by atoms with Crippen LogP contribution >= 0.6 is 0 Å². The summed E-state index contributed by atoms with van der Waals surface area (Å²) in [6, 6.07) is 17.8. The monoisotopic (exact) mass is 398 g/mol. The highest BCUT2D eigenvalue weighted by molar-refractivity contribution is 5.89. The number of rotatable bonds is 3. The molecular formula is C24H20N3O3+. The Kier molecular flexibility index (Phi) is 4.73. The van der Waals surface area contributed by atoms with Gasteiger partial charge < -0.3 is 4.74 Å². The van der Waals surface area contributed by atoms with E-state index in [9.17, 15) is 20.1 Å². The lowest BCUT2D eigenvalue weighted by Gasteiger charge is -2.29. The van der Waals surface area contributed by atoms with Gasteiger partial charge in [0.05, 0.1) is 36.9 Å². The molecule has 1 saturated heterocycles. The predicted molar refractivity (Wildman–Crippen MR) is 108 cm³/mol. The van der Waals surface area contributed by atoms with Crippen molar-refractivity contribution in [2.75, 3.05) is 7.11 Å². The van der Waals surface area contributed by atoms with Gasteiger partial charge in [0.1, 0.15) is 0 Å². The molecule has 2 heterocycles. The van der Waals surface area contributed by atoms with Crippen molar-refractivity contribution in [3.8, 4) is 12.1 Å². The average molecular weight is 398 g/mol. The maximum Gasteiger partial charge on any atom is 0.337 e. The molecule has 6 nitrogen and oxygen atoms in total. The molecule has 0 amide bonds. The maximum absolute atomic E-state index is 12.8. The topological polar surface area (TPSA) is 95.4 Å². The quantitative estimate of drug-likeness (QED) is 0.800. The van der Waals surface area contributed by atoms with Gasteiger partial charge in [-0.3, -0.25) is 9.69 Å². The molecule has 0 aromatic heterocycles. The predicted octanol–water partition coefficient (Wildman–Crippen LogP) is 2.17. The second-order valence-electron chi connectivity index (χ2n) is 7.67. The molecule has 1 unspecified atom stereocenters. The van der Waals surface area contributed by atoms with Gasteiger partial charge >= 0.3 is 5.97 Å². The Morgan fingerprint density at radius 2 is 1.73 bits per heavy atom. The molecule has 30 heavy (non-hydrogen) atoms. The third kappa shape index (κ3) is 2.66. The first-order valence-electron chi connectivity index (χ1n) is 9.63. The van der Waals surface area contributed by atoms with Crippen LogP contribution in [0.3, 0.4) is 0 Å². The minimum atomic E-state index is -1.45. The number of quaternary nitrogens is 1. The van der Waals surface area contributed by atoms with E-state index in [0.29, 0.717) is 11.1 Å². The van der Waals surface area contributed by atoms with Gasteiger partial charge in [0, 0.05) is 12.5 Å². The first kappa shape index (κ1) is 19.6. The molecule has 2 aromatic rings. The summed E-state index contributed by atoms with van der Waals surface area (Å²) in [5, 5.41) is 20.6. The summed E-state index contributed by atoms with van der Waals surface area (Å²) in [7, 11) is 1.31. The molecule has 6 heteroatoms. The normalized spacial score (nSPS) is 25.3. The minimum Gasteiger partial charge on any atom is -0.465 e. The first-order valence-corrected chi connectivity index (χ1v) is 9.63. The number of ketones is 1. The lowest BCUT2D eigenvalue weighted by Crippen LogP contribution is -3.11. The Morgan fingerprint density at radius 1 is 1.07 bits per heavy atom. The summed E-state index contributed by atoms with van der Waals surface area (Å²) in [6.45, 7) is 1.50. The zero-order chi connectivity index (χ0) is 21.5. The van der Waals surface area contributed by atoms with Gasteiger partial charge in [-0.25, -0.2) is 4.79 Å². The van der Waals surface area contributed by atoms with Crippen LogP contribution in [-0.2, 0) is 9.53 Å². The molecule has 0 aliphatic carbocycles. The van der Waals surface area contributed by atoms with Gasteiger partial charge in [-0.1, -0.05) is 36.4 Å². The van der Waals surface area contributed by atoms with E-state index in [0.717, 1.165) is 16.0 Å². The van der Waals surface area contributed by atoms with Crippen LogP contribution in [0.1, 0.15) is 45.9 Å². The van der Waals surface area contributed by atoms with E-state index in [1.807, 2.05) is 36.5 Å². The number of hydrogen-bond donors (Lipinski definition) is 1. The van der Waals surface area contributed by atoms with E-state index in [-0.39, 0.29) is 5.78 Å². The van der Waals surface area contributed by atoms with Gasteiger partial charge in [-0.2, -0.15) is 10.5 Å². The maximum atomic E-state index is 12.8. The van der Waals surface area contributed by atoms with Crippen LogP contribution in [0.15, 0.2) is 54.7 Å². The van der Waals surface area contributed by atoms with Crippen LogP contribution in [0.2, 0.25) is 0 Å². The number of Topliss-reactive ketones (excluding diaryl/α,β-unsaturated/α-hetero) is 1. The van der Waals surface area contributed by atoms with Crippen molar-refractivity contribution < 1.29 is 19.2 Å². The van der Waals surface area contributed by atoms with E-state index in [4.69, 9.17) is 4.74 Å². The largest absolute Gasteiger partial charge is 0.465 e. The summed E-state index contributed by atoms with van der Waals surface area (Å²) in [6.07, 6.45) is 3.84. The lowest BCUT2D eigenvalue weighted by molar-refractivity contribution is -0.885. The third-order valence-corrected chi connectivity index (χ3v) is 6.23. The molecule has 0 spiro atoms. The van der Waals surface area contributed by atoms with E-state index in [1.165, 1.54) is 14.0 Å². The van der Waals surface area contributed by atoms with Crippen molar-refractivity contribution in [3.63, 3.8) is 0 Å². The van der Waals surface area contributed by atoms with Gasteiger partial charge in [0.25, 0.3) is 0 Å². The number of ether oxygens (including phenoxy) is 1. The van der Waals surface area contributed by atoms with Gasteiger partial charge in [0.2, 0.25) is 5.41 Å². The minimum absolute atomic E-state index is 0.0894. The van der Waals surface area contributed by atoms with Gasteiger partial charge in [-0.05, 0) is 29.3 Å². The van der Waals surface area contributed by atoms with Crippen LogP contribution in [0.4, 0.5) is 0 Å². The molecule has 2 aliphatic heterocycles. The molecule has 0 bridgehead atoms. The molecule has 148 valence electrons. The Labute approximate surface area is 174 Å². The number of nitrogens with zero attached hydrogens (tertiary/aromatic N) is 2. The van der Waals surface area contributed by atoms with Crippen LogP contribution < -0.4 is 4.90 Å². The van der Waals surface area contributed by atoms with Crippen LogP contribution in [-0.4, -0.2) is 24.9 Å². The fraction of sp³-hybridized carbons (Fsp3) is 0.250. The van der Waals surface area contributed by atoms with Crippen molar-refractivity contribution in [1.82, 2.24) is 0 Å². The standard InChI is InChI=1S/C24H19N3O3/c1-15(28)21-20(17-7-9-18(10-8-17)23(29)30-2)24(13-25,14-26)22-19-6-4-3-5-16(19)11-12-27(21)22/h3-12,20-22H,1-2H3/p+1/t20-,21-,22-/m1/s1. The number of benzene rings is 2. The molecule has 2 aromatic carbocycles. The second-order valence-corrected chi connectivity index (χ2v) is 7.67. The highest BCUT2D eigenvalue weighted by atomic mass is 16.5. The Morgan fingerprint density at radius 3 is 2.33 bits per heavy atom. The van der Waals surface area contributed by atoms with Gasteiger partial charge in [-0.15, -0.1) is 0 Å². The molecule has 2 aliphatic rings. The van der Waals surface area contributed by atoms with Crippen LogP contribution in [0.25, 0.3) is 6.08 Å². The molecule has 1 fully saturated rings. The number of carbonyl (C=O) groups excluding carboxylic acids is 2. The number of esters is 1. The summed E-state index contributed by atoms with van der Waals surface area (Å²) in [4.78, 5) is 25.4. The zero-order valence-corrected chi connectivity index (χ0v) is 16.6. The fourth-order valence-electron chi connectivity index (χ4n) is 4.98. The van der Waals surface area contributed by atoms with Crippen molar-refractivity contribution in [3.05, 3.63) is 77.0 Å². The molecule has 4 atom stereocenters. The second kappa shape index (κ2) is 7.26. The Bertz CT molecular complexity index is 1120. The number of methoxy groups -OCH3 is 1. The zero-order valence-electron chi connectivity index (χ0n) is 16.6. The number of hydrogen-bond acceptors (Lipinski definition) is 5. The lowest BCUT2D eigenvalue weighted by atomic mass is 9.67. The van der Waals surface area contributed by atoms with Crippen LogP contribution in [0.5, 0.6) is 0 Å². The molecule has 4 rings (SSSR count). The van der Waals surface area contributed by atoms with Crippen molar-refractivity contribution in [2.24, 2.45) is 5.41 Å². The summed E-state index contributed by atoms with van der Waals surface area (Å²) in [5.41, 5.74) is 1.44. The molecule has 0 saturated carbocycles. The summed E-state index contributed by atoms with van der Waals surface area (Å²) < 4.78 is 4.75. The van der Waals surface area contributed by atoms with Crippen molar-refractivity contribution >= 4 is 17.8 Å². The summed E-state index contributed by atoms with van der Waals surface area (Å²) in [5.74, 6) is -1.20. The number of nitrogens with one attached hydrogen (secondary N) is 1. The number of fused-ring (bicyclic) bond motifs is 3. The molecular weight excluding hydrogens is 378 g/mol. The van der Waals surface area contributed by atoms with E-state index >= 15 is 0 Å². The highest BCUT2D eigenvalue weighted by Crippen LogP contribution is 2.51. The Balaban J connectivity index is 1.92. The fourth-order valence-corrected chi connectivity index (χ4v) is 4.98. The highest BCUT2D eigenvalue weighted by Gasteiger charge is 2.67. The van der Waals surface area contributed by atoms with E-state index in [1.54, 1.807) is 24.3 Å². The average Bonchev–Trinajstić information content (AvgIpc) is 3.10. The first-order chi connectivity index (χ1) is 14.5. The van der Waals surface area contributed by atoms with E-state index in [2.05, 4.69) is 12.1 Å². The molecule has 0 radical (unpaired) electrons. The SMILES string of the molecule is COC(=O)c1ccc([C@@H]2[C@@H](C(C)=O)[NH+]3C=Cc4ccccc4[C@@H]3C2(C#N)C#N)cc1. The summed E-state index contributed by atoms with van der Waals surface area (Å²) >= 11 is 0.